The summed E-state index contributed by atoms with van der Waals surface area (Å²) < 4.78 is 46.6. The Morgan fingerprint density at radius 3 is 2.57 bits per heavy atom. The number of aliphatic hydroxyl groups excluding tert-OH is 1. The third kappa shape index (κ3) is 5.06. The van der Waals surface area contributed by atoms with E-state index in [2.05, 4.69) is 21.2 Å². The Labute approximate surface area is 223 Å². The minimum absolute atomic E-state index is 0.0510. The molecule has 192 valence electrons. The second-order valence-electron chi connectivity index (χ2n) is 8.91. The normalized spacial score (nSPS) is 14.1. The number of benzene rings is 3. The lowest BCUT2D eigenvalue weighted by atomic mass is 10.00. The summed E-state index contributed by atoms with van der Waals surface area (Å²) in [4.78, 5) is 12.9. The van der Waals surface area contributed by atoms with Crippen LogP contribution in [0, 0.1) is 5.82 Å². The predicted octanol–water partition coefficient (Wildman–Crippen LogP) is 5.53. The minimum Gasteiger partial charge on any atom is -0.755 e. The van der Waals surface area contributed by atoms with E-state index in [1.54, 1.807) is 24.3 Å². The standard InChI is InChI=1S/C27H24BrFN2O5S/c1-30-27(33)25-21-11-20(16-3-4-16)23(12-24(21)36-26(25)17-5-7-19(29)8-6-17)31(37(34)35)13-15-2-9-22(28)18(10-15)14-32/h2,5-12,16,32H,3-4,13-14H2,1H3,(H,30,33)(H,34,35)/p-1. The van der Waals surface area contributed by atoms with Crippen LogP contribution in [0.2, 0.25) is 0 Å². The van der Waals surface area contributed by atoms with Crippen molar-refractivity contribution in [2.45, 2.75) is 31.9 Å². The van der Waals surface area contributed by atoms with Crippen LogP contribution in [0.1, 0.15) is 45.8 Å². The summed E-state index contributed by atoms with van der Waals surface area (Å²) in [5.41, 5.74) is 3.83. The van der Waals surface area contributed by atoms with Crippen molar-refractivity contribution in [1.82, 2.24) is 5.32 Å². The van der Waals surface area contributed by atoms with Gasteiger partial charge in [-0.05, 0) is 71.8 Å². The molecule has 5 rings (SSSR count). The number of fused-ring (bicyclic) bond motifs is 1. The van der Waals surface area contributed by atoms with E-state index < -0.39 is 17.1 Å². The van der Waals surface area contributed by atoms with Crippen LogP contribution in [0.25, 0.3) is 22.3 Å². The molecule has 2 N–H and O–H groups in total. The van der Waals surface area contributed by atoms with Gasteiger partial charge in [0.25, 0.3) is 5.91 Å². The van der Waals surface area contributed by atoms with Gasteiger partial charge in [-0.2, -0.15) is 0 Å². The second kappa shape index (κ2) is 10.4. The van der Waals surface area contributed by atoms with Gasteiger partial charge in [-0.3, -0.25) is 13.3 Å². The first-order valence-electron chi connectivity index (χ1n) is 11.6. The molecular formula is C27H23BrFN2O5S-. The first kappa shape index (κ1) is 25.6. The van der Waals surface area contributed by atoms with E-state index in [-0.39, 0.29) is 30.7 Å². The van der Waals surface area contributed by atoms with Crippen molar-refractivity contribution in [2.24, 2.45) is 0 Å². The number of rotatable bonds is 8. The summed E-state index contributed by atoms with van der Waals surface area (Å²) in [7, 11) is 1.52. The zero-order valence-electron chi connectivity index (χ0n) is 19.8. The SMILES string of the molecule is CNC(=O)c1c(-c2ccc(F)cc2)oc2cc(N(Cc3ccc(Br)c(CO)c3)S(=O)[O-])c(C3CC3)cc12. The third-order valence-corrected chi connectivity index (χ3v) is 7.93. The molecule has 1 aliphatic rings. The van der Waals surface area contributed by atoms with Crippen LogP contribution in [0.15, 0.2) is 63.5 Å². The predicted molar refractivity (Wildman–Crippen MR) is 142 cm³/mol. The highest BCUT2D eigenvalue weighted by Gasteiger charge is 2.31. The first-order valence-corrected chi connectivity index (χ1v) is 13.5. The molecule has 1 unspecified atom stereocenters. The van der Waals surface area contributed by atoms with Gasteiger partial charge >= 0.3 is 0 Å². The number of carbonyl (C=O) groups is 1. The van der Waals surface area contributed by atoms with Gasteiger partial charge < -0.3 is 19.4 Å². The molecule has 7 nitrogen and oxygen atoms in total. The van der Waals surface area contributed by atoms with Crippen molar-refractivity contribution in [2.75, 3.05) is 11.4 Å². The Balaban J connectivity index is 1.67. The van der Waals surface area contributed by atoms with E-state index >= 15 is 0 Å². The van der Waals surface area contributed by atoms with Crippen molar-refractivity contribution in [3.8, 4) is 11.3 Å². The van der Waals surface area contributed by atoms with E-state index in [1.807, 2.05) is 6.07 Å². The summed E-state index contributed by atoms with van der Waals surface area (Å²) in [6, 6.07) is 14.5. The summed E-state index contributed by atoms with van der Waals surface area (Å²) >= 11 is 0.774. The fourth-order valence-corrected chi connectivity index (χ4v) is 5.42. The van der Waals surface area contributed by atoms with Crippen molar-refractivity contribution in [3.63, 3.8) is 0 Å². The van der Waals surface area contributed by atoms with Crippen molar-refractivity contribution in [3.05, 3.63) is 87.1 Å². The van der Waals surface area contributed by atoms with E-state index in [9.17, 15) is 23.1 Å². The number of nitrogens with zero attached hydrogens (tertiary/aromatic N) is 1. The molecule has 0 spiro atoms. The number of nitrogens with one attached hydrogen (secondary N) is 1. The lowest BCUT2D eigenvalue weighted by Crippen LogP contribution is -2.26. The highest BCUT2D eigenvalue weighted by Crippen LogP contribution is 2.48. The summed E-state index contributed by atoms with van der Waals surface area (Å²) in [6.07, 6.45) is 1.81. The van der Waals surface area contributed by atoms with Gasteiger partial charge in [-0.15, -0.1) is 0 Å². The molecular weight excluding hydrogens is 563 g/mol. The number of halogens is 2. The van der Waals surface area contributed by atoms with E-state index in [0.29, 0.717) is 38.9 Å². The Hall–Kier alpha value is -3.05. The first-order chi connectivity index (χ1) is 17.8. The van der Waals surface area contributed by atoms with Gasteiger partial charge in [0.2, 0.25) is 0 Å². The lowest BCUT2D eigenvalue weighted by molar-refractivity contribution is 0.0964. The number of carbonyl (C=O) groups excluding carboxylic acids is 1. The van der Waals surface area contributed by atoms with Crippen LogP contribution in [-0.2, 0) is 24.4 Å². The average Bonchev–Trinajstić information content (AvgIpc) is 3.67. The maximum atomic E-state index is 13.6. The molecule has 3 aromatic carbocycles. The Morgan fingerprint density at radius 2 is 1.95 bits per heavy atom. The highest BCUT2D eigenvalue weighted by molar-refractivity contribution is 9.10. The number of furan rings is 1. The van der Waals surface area contributed by atoms with Crippen LogP contribution in [0.3, 0.4) is 0 Å². The Morgan fingerprint density at radius 1 is 1.22 bits per heavy atom. The average molecular weight is 586 g/mol. The molecule has 37 heavy (non-hydrogen) atoms. The molecule has 1 aliphatic carbocycles. The highest BCUT2D eigenvalue weighted by atomic mass is 79.9. The second-order valence-corrected chi connectivity index (χ2v) is 10.6. The van der Waals surface area contributed by atoms with Crippen LogP contribution in [0.4, 0.5) is 10.1 Å². The molecule has 1 aromatic heterocycles. The lowest BCUT2D eigenvalue weighted by Gasteiger charge is -2.29. The zero-order valence-corrected chi connectivity index (χ0v) is 22.2. The smallest absolute Gasteiger partial charge is 0.255 e. The molecule has 0 saturated heterocycles. The molecule has 1 heterocycles. The van der Waals surface area contributed by atoms with Gasteiger partial charge in [0, 0.05) is 39.8 Å². The van der Waals surface area contributed by atoms with E-state index in [0.717, 1.165) is 22.9 Å². The number of amides is 1. The zero-order chi connectivity index (χ0) is 26.3. The Bertz CT molecular complexity index is 1520. The van der Waals surface area contributed by atoms with Gasteiger partial charge in [-0.1, -0.05) is 28.1 Å². The number of hydrogen-bond acceptors (Lipinski definition) is 5. The monoisotopic (exact) mass is 585 g/mol. The maximum Gasteiger partial charge on any atom is 0.255 e. The minimum atomic E-state index is -2.61. The van der Waals surface area contributed by atoms with Crippen molar-refractivity contribution >= 4 is 49.8 Å². The molecule has 0 bridgehead atoms. The van der Waals surface area contributed by atoms with Crippen LogP contribution >= 0.6 is 15.9 Å². The van der Waals surface area contributed by atoms with Gasteiger partial charge in [-0.25, -0.2) is 4.39 Å². The molecule has 0 aliphatic heterocycles. The topological polar surface area (TPSA) is 106 Å². The number of anilines is 1. The van der Waals surface area contributed by atoms with E-state index in [4.69, 9.17) is 4.42 Å². The van der Waals surface area contributed by atoms with Crippen LogP contribution in [0.5, 0.6) is 0 Å². The summed E-state index contributed by atoms with van der Waals surface area (Å²) in [5, 5.41) is 12.8. The molecule has 1 fully saturated rings. The number of hydrogen-bond donors (Lipinski definition) is 2. The van der Waals surface area contributed by atoms with Gasteiger partial charge in [0.1, 0.15) is 17.2 Å². The van der Waals surface area contributed by atoms with Crippen LogP contribution in [-0.4, -0.2) is 26.8 Å². The van der Waals surface area contributed by atoms with E-state index in [1.165, 1.54) is 35.6 Å². The molecule has 4 aromatic rings. The van der Waals surface area contributed by atoms with Crippen molar-refractivity contribution < 1.29 is 27.5 Å². The molecule has 10 heteroatoms. The van der Waals surface area contributed by atoms with Gasteiger partial charge in [0.05, 0.1) is 24.4 Å². The van der Waals surface area contributed by atoms with Gasteiger partial charge in [0.15, 0.2) is 0 Å². The largest absolute Gasteiger partial charge is 0.755 e. The molecule has 1 saturated carbocycles. The third-order valence-electron chi connectivity index (χ3n) is 6.47. The fraction of sp³-hybridized carbons (Fsp3) is 0.222. The van der Waals surface area contributed by atoms with Crippen molar-refractivity contribution in [1.29, 1.82) is 0 Å². The molecule has 0 radical (unpaired) electrons. The molecule has 1 amide bonds. The summed E-state index contributed by atoms with van der Waals surface area (Å²) in [6.45, 7) is -0.134. The summed E-state index contributed by atoms with van der Waals surface area (Å²) in [5.74, 6) is -0.331. The number of aliphatic hydroxyl groups is 1. The molecule has 1 atom stereocenters. The maximum absolute atomic E-state index is 13.6. The fourth-order valence-electron chi connectivity index (χ4n) is 4.47. The quantitative estimate of drug-likeness (QED) is 0.264. The van der Waals surface area contributed by atoms with Crippen LogP contribution < -0.4 is 9.62 Å². The Kier molecular flexibility index (Phi) is 7.17.